The summed E-state index contributed by atoms with van der Waals surface area (Å²) in [7, 11) is 0. The number of primary amides is 1. The number of nitrogens with two attached hydrogens (primary N) is 2. The monoisotopic (exact) mass is 291 g/mol. The van der Waals surface area contributed by atoms with Crippen molar-refractivity contribution in [2.75, 3.05) is 18.8 Å². The second-order valence-electron chi connectivity index (χ2n) is 5.79. The summed E-state index contributed by atoms with van der Waals surface area (Å²) in [5, 5.41) is 0. The molecule has 4 nitrogen and oxygen atoms in total. The minimum atomic E-state index is -0.268. The van der Waals surface area contributed by atoms with Gasteiger partial charge in [0, 0.05) is 18.8 Å². The molecule has 0 saturated carbocycles. The van der Waals surface area contributed by atoms with Crippen molar-refractivity contribution in [3.8, 4) is 0 Å². The summed E-state index contributed by atoms with van der Waals surface area (Å²) in [6.07, 6.45) is 4.80. The van der Waals surface area contributed by atoms with E-state index in [1.807, 2.05) is 24.3 Å². The van der Waals surface area contributed by atoms with E-state index in [0.717, 1.165) is 30.8 Å². The van der Waals surface area contributed by atoms with Gasteiger partial charge >= 0.3 is 0 Å². The van der Waals surface area contributed by atoms with E-state index in [2.05, 4.69) is 18.7 Å². The maximum atomic E-state index is 11.3. The third-order valence-electron chi connectivity index (χ3n) is 3.83. The summed E-state index contributed by atoms with van der Waals surface area (Å²) in [5.41, 5.74) is 13.0. The molecule has 1 amide bonds. The van der Waals surface area contributed by atoms with E-state index in [4.69, 9.17) is 11.5 Å². The van der Waals surface area contributed by atoms with E-state index in [-0.39, 0.29) is 5.91 Å². The first kappa shape index (κ1) is 17.5. The third-order valence-corrected chi connectivity index (χ3v) is 3.83. The molecule has 1 aromatic carbocycles. The topological polar surface area (TPSA) is 72.3 Å². The first-order chi connectivity index (χ1) is 10.0. The van der Waals surface area contributed by atoms with Crippen LogP contribution in [-0.2, 0) is 11.3 Å². The van der Waals surface area contributed by atoms with E-state index in [1.165, 1.54) is 19.3 Å². The van der Waals surface area contributed by atoms with E-state index in [1.54, 1.807) is 0 Å². The molecular formula is C17H29N3O. The standard InChI is InChI=1S/C17H29N3O/c1-3-5-6-14(4-2)11-20(13-17(19)21)12-15-7-9-16(18)10-8-15/h7-10,14H,3-6,11-13,18H2,1-2H3,(H2,19,21). The number of anilines is 1. The van der Waals surface area contributed by atoms with Crippen molar-refractivity contribution >= 4 is 11.6 Å². The molecule has 0 aromatic heterocycles. The zero-order valence-corrected chi connectivity index (χ0v) is 13.3. The number of amides is 1. The van der Waals surface area contributed by atoms with Crippen LogP contribution in [0.3, 0.4) is 0 Å². The van der Waals surface area contributed by atoms with E-state index in [0.29, 0.717) is 12.5 Å². The average Bonchev–Trinajstić information content (AvgIpc) is 2.45. The molecule has 118 valence electrons. The zero-order chi connectivity index (χ0) is 15.7. The minimum absolute atomic E-state index is 0.268. The smallest absolute Gasteiger partial charge is 0.231 e. The predicted octanol–water partition coefficient (Wildman–Crippen LogP) is 2.77. The number of nitrogens with zero attached hydrogens (tertiary/aromatic N) is 1. The molecule has 0 heterocycles. The van der Waals surface area contributed by atoms with Gasteiger partial charge in [0.15, 0.2) is 0 Å². The van der Waals surface area contributed by atoms with Gasteiger partial charge in [-0.2, -0.15) is 0 Å². The number of hydrogen-bond donors (Lipinski definition) is 2. The molecule has 21 heavy (non-hydrogen) atoms. The number of unbranched alkanes of at least 4 members (excludes halogenated alkanes) is 1. The molecule has 1 atom stereocenters. The highest BCUT2D eigenvalue weighted by Gasteiger charge is 2.15. The van der Waals surface area contributed by atoms with Gasteiger partial charge in [-0.3, -0.25) is 9.69 Å². The van der Waals surface area contributed by atoms with Crippen LogP contribution in [0.2, 0.25) is 0 Å². The number of carbonyl (C=O) groups is 1. The molecule has 0 aliphatic heterocycles. The van der Waals surface area contributed by atoms with Crippen LogP contribution >= 0.6 is 0 Å². The predicted molar refractivity (Wildman–Crippen MR) is 88.6 cm³/mol. The normalized spacial score (nSPS) is 12.5. The Labute approximate surface area is 128 Å². The molecule has 0 aliphatic rings. The summed E-state index contributed by atoms with van der Waals surface area (Å²) in [4.78, 5) is 13.4. The van der Waals surface area contributed by atoms with Gasteiger partial charge in [0.05, 0.1) is 6.54 Å². The number of benzene rings is 1. The van der Waals surface area contributed by atoms with Crippen LogP contribution in [0.4, 0.5) is 5.69 Å². The Balaban J connectivity index is 2.65. The molecule has 0 bridgehead atoms. The van der Waals surface area contributed by atoms with Crippen molar-refractivity contribution in [3.05, 3.63) is 29.8 Å². The lowest BCUT2D eigenvalue weighted by Crippen LogP contribution is -2.36. The molecule has 1 aromatic rings. The van der Waals surface area contributed by atoms with Gasteiger partial charge in [0.1, 0.15) is 0 Å². The number of rotatable bonds is 10. The quantitative estimate of drug-likeness (QED) is 0.651. The highest BCUT2D eigenvalue weighted by atomic mass is 16.1. The molecule has 0 aliphatic carbocycles. The molecule has 1 rings (SSSR count). The van der Waals surface area contributed by atoms with Crippen molar-refractivity contribution in [2.45, 2.75) is 46.1 Å². The fourth-order valence-electron chi connectivity index (χ4n) is 2.57. The second-order valence-corrected chi connectivity index (χ2v) is 5.79. The Morgan fingerprint density at radius 1 is 1.24 bits per heavy atom. The van der Waals surface area contributed by atoms with Crippen LogP contribution in [0.25, 0.3) is 0 Å². The van der Waals surface area contributed by atoms with Crippen LogP contribution in [0.1, 0.15) is 45.1 Å². The van der Waals surface area contributed by atoms with Crippen LogP contribution in [-0.4, -0.2) is 23.9 Å². The molecule has 0 spiro atoms. The van der Waals surface area contributed by atoms with Crippen molar-refractivity contribution in [3.63, 3.8) is 0 Å². The number of carbonyl (C=O) groups excluding carboxylic acids is 1. The van der Waals surface area contributed by atoms with Crippen LogP contribution < -0.4 is 11.5 Å². The molecule has 4 N–H and O–H groups in total. The Hall–Kier alpha value is -1.55. The molecular weight excluding hydrogens is 262 g/mol. The van der Waals surface area contributed by atoms with E-state index >= 15 is 0 Å². The lowest BCUT2D eigenvalue weighted by molar-refractivity contribution is -0.119. The van der Waals surface area contributed by atoms with Gasteiger partial charge in [-0.25, -0.2) is 0 Å². The molecule has 1 unspecified atom stereocenters. The maximum Gasteiger partial charge on any atom is 0.231 e. The zero-order valence-electron chi connectivity index (χ0n) is 13.3. The first-order valence-corrected chi connectivity index (χ1v) is 7.90. The van der Waals surface area contributed by atoms with Crippen molar-refractivity contribution < 1.29 is 4.79 Å². The van der Waals surface area contributed by atoms with E-state index in [9.17, 15) is 4.79 Å². The van der Waals surface area contributed by atoms with Gasteiger partial charge in [-0.1, -0.05) is 45.2 Å². The van der Waals surface area contributed by atoms with Gasteiger partial charge in [0.2, 0.25) is 5.91 Å². The minimum Gasteiger partial charge on any atom is -0.399 e. The highest BCUT2D eigenvalue weighted by Crippen LogP contribution is 2.16. The Bertz CT molecular complexity index is 417. The number of hydrogen-bond acceptors (Lipinski definition) is 3. The summed E-state index contributed by atoms with van der Waals surface area (Å²) < 4.78 is 0. The van der Waals surface area contributed by atoms with Gasteiger partial charge in [-0.15, -0.1) is 0 Å². The van der Waals surface area contributed by atoms with Crippen LogP contribution in [0.15, 0.2) is 24.3 Å². The average molecular weight is 291 g/mol. The Morgan fingerprint density at radius 3 is 2.43 bits per heavy atom. The molecule has 4 heteroatoms. The summed E-state index contributed by atoms with van der Waals surface area (Å²) in [5.74, 6) is 0.355. The Kier molecular flexibility index (Phi) is 7.83. The number of nitrogen functional groups attached to an aromatic ring is 1. The molecule has 0 radical (unpaired) electrons. The van der Waals surface area contributed by atoms with Gasteiger partial charge in [0.25, 0.3) is 0 Å². The summed E-state index contributed by atoms with van der Waals surface area (Å²) in [6.45, 7) is 6.40. The van der Waals surface area contributed by atoms with Crippen molar-refractivity contribution in [1.82, 2.24) is 4.90 Å². The fraction of sp³-hybridized carbons (Fsp3) is 0.588. The SMILES string of the molecule is CCCCC(CC)CN(CC(N)=O)Cc1ccc(N)cc1. The first-order valence-electron chi connectivity index (χ1n) is 7.90. The fourth-order valence-corrected chi connectivity index (χ4v) is 2.57. The lowest BCUT2D eigenvalue weighted by Gasteiger charge is -2.26. The second kappa shape index (κ2) is 9.40. The van der Waals surface area contributed by atoms with Crippen molar-refractivity contribution in [2.24, 2.45) is 11.7 Å². The van der Waals surface area contributed by atoms with Crippen LogP contribution in [0, 0.1) is 5.92 Å². The largest absolute Gasteiger partial charge is 0.399 e. The molecule has 0 fully saturated rings. The van der Waals surface area contributed by atoms with Crippen LogP contribution in [0.5, 0.6) is 0 Å². The lowest BCUT2D eigenvalue weighted by atomic mass is 9.98. The maximum absolute atomic E-state index is 11.3. The van der Waals surface area contributed by atoms with E-state index < -0.39 is 0 Å². The van der Waals surface area contributed by atoms with Gasteiger partial charge in [-0.05, 0) is 30.0 Å². The summed E-state index contributed by atoms with van der Waals surface area (Å²) >= 11 is 0. The third kappa shape index (κ3) is 7.14. The Morgan fingerprint density at radius 2 is 1.90 bits per heavy atom. The van der Waals surface area contributed by atoms with Gasteiger partial charge < -0.3 is 11.5 Å². The highest BCUT2D eigenvalue weighted by molar-refractivity contribution is 5.75. The molecule has 0 saturated heterocycles. The summed E-state index contributed by atoms with van der Waals surface area (Å²) in [6, 6.07) is 7.81. The van der Waals surface area contributed by atoms with Crippen molar-refractivity contribution in [1.29, 1.82) is 0 Å².